The van der Waals surface area contributed by atoms with Crippen molar-refractivity contribution in [2.45, 2.75) is 19.1 Å². The van der Waals surface area contributed by atoms with Crippen molar-refractivity contribution in [2.24, 2.45) is 5.92 Å². The van der Waals surface area contributed by atoms with E-state index in [0.29, 0.717) is 21.9 Å². The maximum Gasteiger partial charge on any atom is 0.313 e. The molecule has 2 aliphatic rings. The zero-order valence-corrected chi connectivity index (χ0v) is 20.6. The van der Waals surface area contributed by atoms with E-state index in [1.807, 2.05) is 67.6 Å². The second kappa shape index (κ2) is 8.74. The molecule has 0 bridgehead atoms. The van der Waals surface area contributed by atoms with Crippen LogP contribution in [0.15, 0.2) is 89.7 Å². The highest BCUT2D eigenvalue weighted by Crippen LogP contribution is 2.50. The van der Waals surface area contributed by atoms with Crippen molar-refractivity contribution in [1.29, 1.82) is 0 Å². The van der Waals surface area contributed by atoms with Gasteiger partial charge in [-0.15, -0.1) is 0 Å². The van der Waals surface area contributed by atoms with Gasteiger partial charge in [0.15, 0.2) is 6.10 Å². The van der Waals surface area contributed by atoms with Crippen LogP contribution in [-0.4, -0.2) is 22.5 Å². The number of fused-ring (bicyclic) bond motifs is 1. The lowest BCUT2D eigenvalue weighted by molar-refractivity contribution is -0.126. The smallest absolute Gasteiger partial charge is 0.273 e. The second-order valence-corrected chi connectivity index (χ2v) is 10.1. The SMILES string of the molecule is Cc1ccc(N2C(=O)[C@H]3[C@@H](ON(c4ccccc4)[C@H]3c3sc(=O)n(-c4ccccc4)c3Cl)C2=O)cc1. The van der Waals surface area contributed by atoms with E-state index >= 15 is 0 Å². The number of imide groups is 1. The summed E-state index contributed by atoms with van der Waals surface area (Å²) in [5, 5.41) is 1.74. The Balaban J connectivity index is 1.48. The van der Waals surface area contributed by atoms with Gasteiger partial charge in [-0.1, -0.05) is 77.0 Å². The lowest BCUT2D eigenvalue weighted by Crippen LogP contribution is -2.37. The Morgan fingerprint density at radius 2 is 1.39 bits per heavy atom. The third-order valence-corrected chi connectivity index (χ3v) is 7.98. The van der Waals surface area contributed by atoms with Crippen LogP contribution >= 0.6 is 22.9 Å². The summed E-state index contributed by atoms with van der Waals surface area (Å²) >= 11 is 7.78. The molecule has 2 amide bonds. The molecule has 0 unspecified atom stereocenters. The van der Waals surface area contributed by atoms with Crippen LogP contribution < -0.4 is 14.8 Å². The lowest BCUT2D eigenvalue weighted by Gasteiger charge is -2.28. The molecule has 9 heteroatoms. The third kappa shape index (κ3) is 3.49. The number of aryl methyl sites for hydroxylation is 1. The monoisotopic (exact) mass is 517 g/mol. The number of thiazole rings is 1. The largest absolute Gasteiger partial charge is 0.313 e. The predicted molar refractivity (Wildman–Crippen MR) is 139 cm³/mol. The first-order valence-electron chi connectivity index (χ1n) is 11.4. The topological polar surface area (TPSA) is 71.8 Å². The maximum absolute atomic E-state index is 13.8. The zero-order chi connectivity index (χ0) is 25.0. The number of para-hydroxylation sites is 2. The fourth-order valence-electron chi connectivity index (χ4n) is 4.78. The predicted octanol–water partition coefficient (Wildman–Crippen LogP) is 4.91. The van der Waals surface area contributed by atoms with Crippen LogP contribution in [0.2, 0.25) is 5.15 Å². The minimum absolute atomic E-state index is 0.195. The van der Waals surface area contributed by atoms with Crippen molar-refractivity contribution >= 4 is 46.1 Å². The molecule has 3 aromatic carbocycles. The van der Waals surface area contributed by atoms with Gasteiger partial charge in [0.05, 0.1) is 21.9 Å². The average Bonchev–Trinajstić information content (AvgIpc) is 3.50. The molecular formula is C27H20ClN3O4S. The van der Waals surface area contributed by atoms with Gasteiger partial charge in [0, 0.05) is 0 Å². The van der Waals surface area contributed by atoms with Crippen molar-refractivity contribution in [3.8, 4) is 5.69 Å². The van der Waals surface area contributed by atoms with Crippen LogP contribution in [0.25, 0.3) is 5.69 Å². The van der Waals surface area contributed by atoms with E-state index in [1.165, 1.54) is 9.47 Å². The van der Waals surface area contributed by atoms with E-state index in [2.05, 4.69) is 0 Å². The highest BCUT2D eigenvalue weighted by atomic mass is 35.5. The van der Waals surface area contributed by atoms with Crippen molar-refractivity contribution in [1.82, 2.24) is 4.57 Å². The summed E-state index contributed by atoms with van der Waals surface area (Å²) in [5.74, 6) is -1.71. The number of carbonyl (C=O) groups is 2. The Hall–Kier alpha value is -3.72. The number of anilines is 2. The van der Waals surface area contributed by atoms with Crippen molar-refractivity contribution < 1.29 is 14.4 Å². The zero-order valence-electron chi connectivity index (χ0n) is 19.1. The molecule has 0 saturated carbocycles. The first-order valence-corrected chi connectivity index (χ1v) is 12.6. The molecule has 7 nitrogen and oxygen atoms in total. The van der Waals surface area contributed by atoms with Gasteiger partial charge in [-0.05, 0) is 43.3 Å². The normalized spacial score (nSPS) is 21.3. The molecular weight excluding hydrogens is 498 g/mol. The fourth-order valence-corrected chi connectivity index (χ4v) is 6.24. The summed E-state index contributed by atoms with van der Waals surface area (Å²) in [6.07, 6.45) is -1.04. The minimum Gasteiger partial charge on any atom is -0.273 e. The molecule has 0 radical (unpaired) electrons. The van der Waals surface area contributed by atoms with Crippen LogP contribution in [0, 0.1) is 12.8 Å². The molecule has 0 spiro atoms. The Labute approximate surface area is 215 Å². The van der Waals surface area contributed by atoms with Crippen molar-refractivity contribution in [3.05, 3.63) is 110 Å². The Kier molecular flexibility index (Phi) is 5.52. The molecule has 3 heterocycles. The molecule has 3 atom stereocenters. The number of carbonyl (C=O) groups excluding carboxylic acids is 2. The standard InChI is InChI=1S/C27H20ClN3O4S/c1-16-12-14-18(15-13-16)30-25(32)20-21(31(35-22(20)26(30)33)19-10-6-3-7-11-19)23-24(28)29(27(34)36-23)17-8-4-2-5-9-17/h2-15,20-22H,1H3/t20-,21-,22-/m1/s1. The summed E-state index contributed by atoms with van der Waals surface area (Å²) < 4.78 is 1.41. The summed E-state index contributed by atoms with van der Waals surface area (Å²) in [7, 11) is 0. The summed E-state index contributed by atoms with van der Waals surface area (Å²) in [6, 6.07) is 24.7. The Morgan fingerprint density at radius 3 is 2.03 bits per heavy atom. The molecule has 1 aromatic heterocycles. The van der Waals surface area contributed by atoms with Crippen LogP contribution in [0.1, 0.15) is 16.5 Å². The molecule has 36 heavy (non-hydrogen) atoms. The summed E-state index contributed by atoms with van der Waals surface area (Å²) in [6.45, 7) is 1.93. The molecule has 2 aliphatic heterocycles. The highest BCUT2D eigenvalue weighted by Gasteiger charge is 2.61. The highest BCUT2D eigenvalue weighted by molar-refractivity contribution is 7.10. The maximum atomic E-state index is 13.8. The van der Waals surface area contributed by atoms with Gasteiger partial charge < -0.3 is 0 Å². The minimum atomic E-state index is -1.04. The van der Waals surface area contributed by atoms with E-state index < -0.39 is 24.0 Å². The van der Waals surface area contributed by atoms with Crippen LogP contribution in [0.4, 0.5) is 11.4 Å². The first-order chi connectivity index (χ1) is 17.5. The van der Waals surface area contributed by atoms with Crippen LogP contribution in [0.3, 0.4) is 0 Å². The quantitative estimate of drug-likeness (QED) is 0.360. The number of hydrogen-bond donors (Lipinski definition) is 0. The van der Waals surface area contributed by atoms with Crippen molar-refractivity contribution in [2.75, 3.05) is 9.96 Å². The van der Waals surface area contributed by atoms with Crippen LogP contribution in [-0.2, 0) is 14.4 Å². The van der Waals surface area contributed by atoms with E-state index in [4.69, 9.17) is 16.4 Å². The van der Waals surface area contributed by atoms with Crippen LogP contribution in [0.5, 0.6) is 0 Å². The number of benzene rings is 3. The molecule has 0 aliphatic carbocycles. The van der Waals surface area contributed by atoms with E-state index in [0.717, 1.165) is 16.9 Å². The molecule has 0 N–H and O–H groups in total. The van der Waals surface area contributed by atoms with E-state index in [-0.39, 0.29) is 15.9 Å². The Bertz CT molecular complexity index is 1520. The third-order valence-electron chi connectivity index (χ3n) is 6.48. The van der Waals surface area contributed by atoms with Crippen molar-refractivity contribution in [3.63, 3.8) is 0 Å². The molecule has 4 aromatic rings. The Morgan fingerprint density at radius 1 is 0.778 bits per heavy atom. The van der Waals surface area contributed by atoms with E-state index in [1.54, 1.807) is 29.3 Å². The summed E-state index contributed by atoms with van der Waals surface area (Å²) in [5.41, 5.74) is 2.77. The van der Waals surface area contributed by atoms with E-state index in [9.17, 15) is 14.4 Å². The molecule has 2 fully saturated rings. The fraction of sp³-hybridized carbons (Fsp3) is 0.148. The number of amides is 2. The molecule has 6 rings (SSSR count). The van der Waals surface area contributed by atoms with Gasteiger partial charge in [0.1, 0.15) is 17.1 Å². The number of nitrogens with zero attached hydrogens (tertiary/aromatic N) is 3. The lowest BCUT2D eigenvalue weighted by atomic mass is 9.95. The van der Waals surface area contributed by atoms with Gasteiger partial charge in [-0.3, -0.25) is 23.8 Å². The van der Waals surface area contributed by atoms with Gasteiger partial charge in [-0.25, -0.2) is 9.96 Å². The van der Waals surface area contributed by atoms with Gasteiger partial charge in [0.25, 0.3) is 5.91 Å². The number of aromatic nitrogens is 1. The average molecular weight is 518 g/mol. The van der Waals surface area contributed by atoms with Gasteiger partial charge >= 0.3 is 4.87 Å². The second-order valence-electron chi connectivity index (χ2n) is 8.70. The molecule has 2 saturated heterocycles. The van der Waals surface area contributed by atoms with Gasteiger partial charge in [0.2, 0.25) is 5.91 Å². The van der Waals surface area contributed by atoms with Gasteiger partial charge in [-0.2, -0.15) is 0 Å². The molecule has 180 valence electrons. The number of rotatable bonds is 4. The summed E-state index contributed by atoms with van der Waals surface area (Å²) in [4.78, 5) is 47.9. The number of halogens is 1. The first kappa shape index (κ1) is 22.7. The number of hydrogen-bond acceptors (Lipinski definition) is 6. The number of hydroxylamine groups is 1.